The van der Waals surface area contributed by atoms with Crippen molar-refractivity contribution in [2.45, 2.75) is 51.6 Å². The van der Waals surface area contributed by atoms with Crippen LogP contribution in [0.2, 0.25) is 0 Å². The van der Waals surface area contributed by atoms with Crippen molar-refractivity contribution in [3.63, 3.8) is 0 Å². The number of rotatable bonds is 6. The highest BCUT2D eigenvalue weighted by atomic mass is 32.1. The second kappa shape index (κ2) is 8.83. The molecule has 1 fully saturated rings. The van der Waals surface area contributed by atoms with Crippen molar-refractivity contribution in [1.29, 1.82) is 5.26 Å². The van der Waals surface area contributed by atoms with E-state index in [0.717, 1.165) is 51.0 Å². The number of aromatic nitrogens is 5. The SMILES string of the molecule is CC(=O)N[C@H]1C[C@@H](c2nnc(-c3cnc(-c4ccc5cc(C#N)cnn45)cc3NC(C)C)s2)C1. The number of carbonyl (C=O) groups excluding carboxylic acids is 1. The molecule has 1 amide bonds. The minimum Gasteiger partial charge on any atom is -0.382 e. The lowest BCUT2D eigenvalue weighted by molar-refractivity contribution is -0.120. The Hall–Kier alpha value is -3.84. The largest absolute Gasteiger partial charge is 0.382 e. The monoisotopic (exact) mass is 472 g/mol. The van der Waals surface area contributed by atoms with Crippen LogP contribution in [0.4, 0.5) is 5.69 Å². The predicted molar refractivity (Wildman–Crippen MR) is 130 cm³/mol. The molecule has 1 aliphatic rings. The Labute approximate surface area is 200 Å². The molecule has 0 radical (unpaired) electrons. The van der Waals surface area contributed by atoms with Crippen molar-refractivity contribution in [3.8, 4) is 28.0 Å². The summed E-state index contributed by atoms with van der Waals surface area (Å²) < 4.78 is 1.78. The van der Waals surface area contributed by atoms with E-state index >= 15 is 0 Å². The van der Waals surface area contributed by atoms with Crippen LogP contribution in [0, 0.1) is 11.3 Å². The first-order valence-corrected chi connectivity index (χ1v) is 12.0. The molecule has 0 aliphatic heterocycles. The van der Waals surface area contributed by atoms with E-state index in [1.165, 1.54) is 0 Å². The van der Waals surface area contributed by atoms with E-state index in [-0.39, 0.29) is 18.0 Å². The van der Waals surface area contributed by atoms with Crippen LogP contribution < -0.4 is 10.6 Å². The summed E-state index contributed by atoms with van der Waals surface area (Å²) in [7, 11) is 0. The molecule has 1 saturated carbocycles. The second-order valence-electron chi connectivity index (χ2n) is 8.84. The number of amides is 1. The second-order valence-corrected chi connectivity index (χ2v) is 9.85. The molecule has 0 bridgehead atoms. The molecule has 0 aromatic carbocycles. The summed E-state index contributed by atoms with van der Waals surface area (Å²) in [6.45, 7) is 5.72. The van der Waals surface area contributed by atoms with Gasteiger partial charge < -0.3 is 10.6 Å². The fraction of sp³-hybridized carbons (Fsp3) is 0.333. The highest BCUT2D eigenvalue weighted by Gasteiger charge is 2.33. The van der Waals surface area contributed by atoms with Gasteiger partial charge in [0.15, 0.2) is 5.01 Å². The number of pyridine rings is 1. The topological polar surface area (TPSA) is 121 Å². The van der Waals surface area contributed by atoms with Gasteiger partial charge in [-0.3, -0.25) is 9.78 Å². The lowest BCUT2D eigenvalue weighted by atomic mass is 9.81. The Morgan fingerprint density at radius 2 is 2.06 bits per heavy atom. The number of fused-ring (bicyclic) bond motifs is 1. The quantitative estimate of drug-likeness (QED) is 0.435. The smallest absolute Gasteiger partial charge is 0.217 e. The van der Waals surface area contributed by atoms with Gasteiger partial charge in [0.05, 0.1) is 34.2 Å². The number of nitrogens with zero attached hydrogens (tertiary/aromatic N) is 6. The minimum absolute atomic E-state index is 0.00781. The highest BCUT2D eigenvalue weighted by Crippen LogP contribution is 2.41. The van der Waals surface area contributed by atoms with Gasteiger partial charge in [-0.1, -0.05) is 11.3 Å². The van der Waals surface area contributed by atoms with Crippen molar-refractivity contribution in [2.24, 2.45) is 0 Å². The molecule has 34 heavy (non-hydrogen) atoms. The maximum Gasteiger partial charge on any atom is 0.217 e. The lowest BCUT2D eigenvalue weighted by Crippen LogP contribution is -2.42. The summed E-state index contributed by atoms with van der Waals surface area (Å²) in [5.41, 5.74) is 4.80. The molecule has 172 valence electrons. The molecule has 10 heteroatoms. The van der Waals surface area contributed by atoms with Crippen molar-refractivity contribution in [2.75, 3.05) is 5.32 Å². The molecule has 5 rings (SSSR count). The van der Waals surface area contributed by atoms with Crippen molar-refractivity contribution in [3.05, 3.63) is 47.2 Å². The van der Waals surface area contributed by atoms with E-state index in [1.54, 1.807) is 35.0 Å². The van der Waals surface area contributed by atoms with E-state index in [2.05, 4.69) is 45.8 Å². The third-order valence-electron chi connectivity index (χ3n) is 5.81. The van der Waals surface area contributed by atoms with Crippen molar-refractivity contribution >= 4 is 28.4 Å². The number of nitrogens with one attached hydrogen (secondary N) is 2. The molecule has 0 saturated heterocycles. The van der Waals surface area contributed by atoms with Crippen LogP contribution in [0.5, 0.6) is 0 Å². The Kier molecular flexibility index (Phi) is 5.71. The average Bonchev–Trinajstić information content (AvgIpc) is 3.42. The fourth-order valence-corrected chi connectivity index (χ4v) is 5.18. The van der Waals surface area contributed by atoms with Gasteiger partial charge in [-0.05, 0) is 51.0 Å². The van der Waals surface area contributed by atoms with Crippen LogP contribution in [0.25, 0.3) is 27.5 Å². The molecule has 2 N–H and O–H groups in total. The van der Waals surface area contributed by atoms with Gasteiger partial charge in [-0.25, -0.2) is 4.52 Å². The van der Waals surface area contributed by atoms with E-state index in [0.29, 0.717) is 11.5 Å². The Morgan fingerprint density at radius 3 is 2.79 bits per heavy atom. The predicted octanol–water partition coefficient (Wildman–Crippen LogP) is 3.99. The van der Waals surface area contributed by atoms with Crippen molar-refractivity contribution < 1.29 is 4.79 Å². The first-order chi connectivity index (χ1) is 16.4. The fourth-order valence-electron chi connectivity index (χ4n) is 4.18. The lowest BCUT2D eigenvalue weighted by Gasteiger charge is -2.33. The Bertz CT molecular complexity index is 1410. The number of carbonyl (C=O) groups is 1. The zero-order chi connectivity index (χ0) is 23.8. The van der Waals surface area contributed by atoms with E-state index < -0.39 is 0 Å². The van der Waals surface area contributed by atoms with Gasteiger partial charge in [0.1, 0.15) is 11.1 Å². The molecule has 0 spiro atoms. The van der Waals surface area contributed by atoms with Gasteiger partial charge in [0.25, 0.3) is 0 Å². The van der Waals surface area contributed by atoms with Gasteiger partial charge in [0, 0.05) is 36.8 Å². The summed E-state index contributed by atoms with van der Waals surface area (Å²) in [5, 5.41) is 30.7. The first kappa shape index (κ1) is 22.0. The maximum absolute atomic E-state index is 11.3. The normalized spacial score (nSPS) is 17.4. The van der Waals surface area contributed by atoms with Crippen LogP contribution in [-0.2, 0) is 4.79 Å². The Balaban J connectivity index is 1.45. The van der Waals surface area contributed by atoms with Crippen molar-refractivity contribution in [1.82, 2.24) is 30.1 Å². The molecular weight excluding hydrogens is 448 g/mol. The maximum atomic E-state index is 11.3. The van der Waals surface area contributed by atoms with Gasteiger partial charge in [0.2, 0.25) is 5.91 Å². The zero-order valence-electron chi connectivity index (χ0n) is 19.1. The van der Waals surface area contributed by atoms with E-state index in [4.69, 9.17) is 10.2 Å². The summed E-state index contributed by atoms with van der Waals surface area (Å²) in [6, 6.07) is 10.3. The molecule has 4 heterocycles. The average molecular weight is 473 g/mol. The third-order valence-corrected chi connectivity index (χ3v) is 6.92. The van der Waals surface area contributed by atoms with Crippen LogP contribution in [0.1, 0.15) is 50.1 Å². The standard InChI is InChI=1S/C24H24N8OS/c1-13(2)28-20-9-21(22-5-4-18-6-15(10-25)11-27-32(18)22)26-12-19(20)24-31-30-23(34-24)16-7-17(8-16)29-14(3)33/h4-6,9,11-13,16-17H,7-8H2,1-3H3,(H,26,28)(H,29,33)/t16-,17+. The summed E-state index contributed by atoms with van der Waals surface area (Å²) in [6.07, 6.45) is 5.17. The minimum atomic E-state index is 0.00781. The molecule has 9 nitrogen and oxygen atoms in total. The summed E-state index contributed by atoms with van der Waals surface area (Å²) in [4.78, 5) is 16.0. The van der Waals surface area contributed by atoms with Crippen LogP contribution >= 0.6 is 11.3 Å². The first-order valence-electron chi connectivity index (χ1n) is 11.2. The van der Waals surface area contributed by atoms with Crippen LogP contribution in [-0.4, -0.2) is 42.8 Å². The number of hydrogen-bond acceptors (Lipinski definition) is 8. The highest BCUT2D eigenvalue weighted by molar-refractivity contribution is 7.14. The third kappa shape index (κ3) is 4.22. The molecule has 4 aromatic heterocycles. The van der Waals surface area contributed by atoms with E-state index in [1.807, 2.05) is 24.4 Å². The molecule has 1 aliphatic carbocycles. The van der Waals surface area contributed by atoms with Crippen LogP contribution in [0.3, 0.4) is 0 Å². The number of hydrogen-bond donors (Lipinski definition) is 2. The van der Waals surface area contributed by atoms with Gasteiger partial charge in [-0.2, -0.15) is 10.4 Å². The molecule has 4 aromatic rings. The van der Waals surface area contributed by atoms with Gasteiger partial charge >= 0.3 is 0 Å². The number of anilines is 1. The van der Waals surface area contributed by atoms with Crippen LogP contribution in [0.15, 0.2) is 36.7 Å². The molecular formula is C24H24N8OS. The summed E-state index contributed by atoms with van der Waals surface area (Å²) in [5.74, 6) is 0.335. The zero-order valence-corrected chi connectivity index (χ0v) is 19.9. The number of nitriles is 1. The molecule has 0 unspecified atom stereocenters. The van der Waals surface area contributed by atoms with E-state index in [9.17, 15) is 4.79 Å². The molecule has 0 atom stereocenters. The van der Waals surface area contributed by atoms with Gasteiger partial charge in [-0.15, -0.1) is 10.2 Å². The Morgan fingerprint density at radius 1 is 1.24 bits per heavy atom. The summed E-state index contributed by atoms with van der Waals surface area (Å²) >= 11 is 1.58.